The molecule has 188 valence electrons. The first-order chi connectivity index (χ1) is 18.0. The maximum absolute atomic E-state index is 13.9. The number of benzene rings is 3. The van der Waals surface area contributed by atoms with E-state index in [0.29, 0.717) is 34.1 Å². The number of halogens is 1. The summed E-state index contributed by atoms with van der Waals surface area (Å²) in [5.74, 6) is 1.21. The molecule has 1 N–H and O–H groups in total. The lowest BCUT2D eigenvalue weighted by Gasteiger charge is -2.23. The number of fused-ring (bicyclic) bond motifs is 2. The lowest BCUT2D eigenvalue weighted by molar-refractivity contribution is 0.0734. The van der Waals surface area contributed by atoms with Crippen LogP contribution in [-0.4, -0.2) is 29.5 Å². The zero-order chi connectivity index (χ0) is 25.9. The van der Waals surface area contributed by atoms with Crippen LogP contribution in [0.3, 0.4) is 0 Å². The zero-order valence-corrected chi connectivity index (χ0v) is 22.0. The molecule has 8 heteroatoms. The Kier molecular flexibility index (Phi) is 7.17. The van der Waals surface area contributed by atoms with E-state index in [4.69, 9.17) is 21.1 Å². The van der Waals surface area contributed by atoms with Gasteiger partial charge in [0.1, 0.15) is 16.4 Å². The summed E-state index contributed by atoms with van der Waals surface area (Å²) >= 11 is 8.02. The molecule has 0 aliphatic carbocycles. The summed E-state index contributed by atoms with van der Waals surface area (Å²) in [6.07, 6.45) is 0. The standard InChI is InChI=1S/C29H25ClN2O4S/c1-3-36-22-12-13-24-19(15-22)14-20(28(33)31-24)17-32(16-18-8-10-21(35-2)11-9-18)29(34)27-26(30)23-6-4-5-7-25(23)37-27/h4-15H,3,16-17H2,1-2H3,(H,31,33). The van der Waals surface area contributed by atoms with E-state index in [0.717, 1.165) is 32.5 Å². The molecule has 0 saturated heterocycles. The Morgan fingerprint density at radius 1 is 1.00 bits per heavy atom. The highest BCUT2D eigenvalue weighted by Gasteiger charge is 2.24. The van der Waals surface area contributed by atoms with Gasteiger partial charge in [-0.2, -0.15) is 0 Å². The number of ether oxygens (including phenoxy) is 2. The van der Waals surface area contributed by atoms with Crippen LogP contribution >= 0.6 is 22.9 Å². The van der Waals surface area contributed by atoms with Crippen molar-refractivity contribution in [2.24, 2.45) is 0 Å². The Morgan fingerprint density at radius 2 is 1.76 bits per heavy atom. The summed E-state index contributed by atoms with van der Waals surface area (Å²) in [6.45, 7) is 2.87. The molecular formula is C29H25ClN2O4S. The first-order valence-corrected chi connectivity index (χ1v) is 13.0. The predicted molar refractivity (Wildman–Crippen MR) is 149 cm³/mol. The summed E-state index contributed by atoms with van der Waals surface area (Å²) in [5, 5.41) is 2.10. The predicted octanol–water partition coefficient (Wildman–Crippen LogP) is 6.65. The maximum atomic E-state index is 13.9. The van der Waals surface area contributed by atoms with E-state index < -0.39 is 0 Å². The summed E-state index contributed by atoms with van der Waals surface area (Å²) in [5.41, 5.74) is 1.84. The van der Waals surface area contributed by atoms with Gasteiger partial charge in [0, 0.05) is 33.1 Å². The summed E-state index contributed by atoms with van der Waals surface area (Å²) in [7, 11) is 1.61. The van der Waals surface area contributed by atoms with Crippen LogP contribution in [0.2, 0.25) is 5.02 Å². The topological polar surface area (TPSA) is 71.6 Å². The minimum absolute atomic E-state index is 0.111. The molecule has 0 aliphatic heterocycles. The van der Waals surface area contributed by atoms with E-state index in [2.05, 4.69) is 4.98 Å². The number of aromatic amines is 1. The average molecular weight is 533 g/mol. The number of amides is 1. The quantitative estimate of drug-likeness (QED) is 0.243. The fourth-order valence-electron chi connectivity index (χ4n) is 4.26. The van der Waals surface area contributed by atoms with Crippen molar-refractivity contribution in [1.29, 1.82) is 0 Å². The molecule has 2 heterocycles. The number of aromatic nitrogens is 1. The maximum Gasteiger partial charge on any atom is 0.266 e. The number of nitrogens with one attached hydrogen (secondary N) is 1. The summed E-state index contributed by atoms with van der Waals surface area (Å²) < 4.78 is 11.8. The molecule has 5 rings (SSSR count). The van der Waals surface area contributed by atoms with E-state index in [1.54, 1.807) is 12.0 Å². The highest BCUT2D eigenvalue weighted by atomic mass is 35.5. The Bertz CT molecular complexity index is 1640. The van der Waals surface area contributed by atoms with Crippen LogP contribution in [0.15, 0.2) is 77.6 Å². The molecule has 0 atom stereocenters. The normalized spacial score (nSPS) is 11.1. The highest BCUT2D eigenvalue weighted by molar-refractivity contribution is 7.21. The number of hydrogen-bond donors (Lipinski definition) is 1. The third-order valence-electron chi connectivity index (χ3n) is 6.11. The molecule has 0 bridgehead atoms. The molecule has 0 saturated carbocycles. The van der Waals surface area contributed by atoms with Crippen molar-refractivity contribution in [2.45, 2.75) is 20.0 Å². The average Bonchev–Trinajstić information content (AvgIpc) is 3.25. The summed E-state index contributed by atoms with van der Waals surface area (Å²) in [4.78, 5) is 31.9. The van der Waals surface area contributed by atoms with Gasteiger partial charge in [-0.15, -0.1) is 11.3 Å². The van der Waals surface area contributed by atoms with Crippen LogP contribution in [0.4, 0.5) is 0 Å². The van der Waals surface area contributed by atoms with Crippen LogP contribution in [-0.2, 0) is 13.1 Å². The van der Waals surface area contributed by atoms with Crippen molar-refractivity contribution in [3.63, 3.8) is 0 Å². The second-order valence-corrected chi connectivity index (χ2v) is 9.99. The van der Waals surface area contributed by atoms with Crippen molar-refractivity contribution < 1.29 is 14.3 Å². The molecule has 1 amide bonds. The second-order valence-electron chi connectivity index (χ2n) is 8.56. The first kappa shape index (κ1) is 24.9. The van der Waals surface area contributed by atoms with Crippen LogP contribution in [0.1, 0.15) is 27.7 Å². The molecule has 6 nitrogen and oxygen atoms in total. The molecule has 0 unspecified atom stereocenters. The lowest BCUT2D eigenvalue weighted by atomic mass is 10.1. The molecule has 0 fully saturated rings. The number of hydrogen-bond acceptors (Lipinski definition) is 5. The largest absolute Gasteiger partial charge is 0.497 e. The Labute approximate surface area is 223 Å². The van der Waals surface area contributed by atoms with Crippen molar-refractivity contribution in [3.05, 3.63) is 104 Å². The highest BCUT2D eigenvalue weighted by Crippen LogP contribution is 2.36. The minimum Gasteiger partial charge on any atom is -0.497 e. The minimum atomic E-state index is -0.244. The van der Waals surface area contributed by atoms with Gasteiger partial charge in [0.2, 0.25) is 0 Å². The number of pyridine rings is 1. The van der Waals surface area contributed by atoms with Gasteiger partial charge in [-0.25, -0.2) is 0 Å². The van der Waals surface area contributed by atoms with E-state index in [9.17, 15) is 9.59 Å². The lowest BCUT2D eigenvalue weighted by Crippen LogP contribution is -2.32. The van der Waals surface area contributed by atoms with Gasteiger partial charge >= 0.3 is 0 Å². The Morgan fingerprint density at radius 3 is 2.49 bits per heavy atom. The number of H-pyrrole nitrogens is 1. The van der Waals surface area contributed by atoms with Crippen molar-refractivity contribution in [2.75, 3.05) is 13.7 Å². The number of carbonyl (C=O) groups excluding carboxylic acids is 1. The van der Waals surface area contributed by atoms with Crippen LogP contribution in [0.25, 0.3) is 21.0 Å². The van der Waals surface area contributed by atoms with Crippen molar-refractivity contribution >= 4 is 49.8 Å². The Hall–Kier alpha value is -3.81. The van der Waals surface area contributed by atoms with Gasteiger partial charge in [0.05, 0.1) is 25.3 Å². The zero-order valence-electron chi connectivity index (χ0n) is 20.4. The molecule has 3 aromatic carbocycles. The number of carbonyl (C=O) groups is 1. The number of thiophene rings is 1. The Balaban J connectivity index is 1.54. The molecular weight excluding hydrogens is 508 g/mol. The third kappa shape index (κ3) is 5.19. The van der Waals surface area contributed by atoms with Crippen molar-refractivity contribution in [1.82, 2.24) is 9.88 Å². The molecule has 37 heavy (non-hydrogen) atoms. The smallest absolute Gasteiger partial charge is 0.266 e. The number of nitrogens with zero attached hydrogens (tertiary/aromatic N) is 1. The molecule has 0 aliphatic rings. The monoisotopic (exact) mass is 532 g/mol. The second kappa shape index (κ2) is 10.7. The first-order valence-electron chi connectivity index (χ1n) is 11.8. The van der Waals surface area contributed by atoms with Crippen LogP contribution in [0, 0.1) is 0 Å². The summed E-state index contributed by atoms with van der Waals surface area (Å²) in [6, 6.07) is 22.5. The molecule has 0 spiro atoms. The fourth-order valence-corrected chi connectivity index (χ4v) is 5.74. The van der Waals surface area contributed by atoms with E-state index in [-0.39, 0.29) is 18.0 Å². The van der Waals surface area contributed by atoms with Gasteiger partial charge in [0.25, 0.3) is 11.5 Å². The van der Waals surface area contributed by atoms with Gasteiger partial charge < -0.3 is 19.4 Å². The number of rotatable bonds is 8. The van der Waals surface area contributed by atoms with Gasteiger partial charge in [-0.05, 0) is 55.0 Å². The third-order valence-corrected chi connectivity index (χ3v) is 7.78. The van der Waals surface area contributed by atoms with E-state index in [1.807, 2.05) is 79.7 Å². The van der Waals surface area contributed by atoms with Crippen molar-refractivity contribution in [3.8, 4) is 11.5 Å². The molecule has 0 radical (unpaired) electrons. The van der Waals surface area contributed by atoms with Crippen LogP contribution < -0.4 is 15.0 Å². The fraction of sp³-hybridized carbons (Fsp3) is 0.172. The van der Waals surface area contributed by atoms with E-state index >= 15 is 0 Å². The SMILES string of the molecule is CCOc1ccc2[nH]c(=O)c(CN(Cc3ccc(OC)cc3)C(=O)c3sc4ccccc4c3Cl)cc2c1. The van der Waals surface area contributed by atoms with Gasteiger partial charge in [0.15, 0.2) is 0 Å². The molecule has 5 aromatic rings. The molecule has 2 aromatic heterocycles. The van der Waals surface area contributed by atoms with Gasteiger partial charge in [-0.3, -0.25) is 9.59 Å². The van der Waals surface area contributed by atoms with Gasteiger partial charge in [-0.1, -0.05) is 41.9 Å². The van der Waals surface area contributed by atoms with E-state index in [1.165, 1.54) is 11.3 Å². The number of methoxy groups -OCH3 is 1. The van der Waals surface area contributed by atoms with Crippen LogP contribution in [0.5, 0.6) is 11.5 Å².